The fourth-order valence-electron chi connectivity index (χ4n) is 3.71. The first-order chi connectivity index (χ1) is 8.28. The Morgan fingerprint density at radius 3 is 2.53 bits per heavy atom. The Morgan fingerprint density at radius 2 is 2.00 bits per heavy atom. The molecule has 2 aliphatic rings. The summed E-state index contributed by atoms with van der Waals surface area (Å²) in [5, 5.41) is 0. The zero-order valence-corrected chi connectivity index (χ0v) is 10.7. The number of nitrogens with zero attached hydrogens (tertiary/aromatic N) is 1. The van der Waals surface area contributed by atoms with Gasteiger partial charge in [-0.1, -0.05) is 43.7 Å². The molecular formula is C15H21NO. The maximum atomic E-state index is 5.51. The van der Waals surface area contributed by atoms with Crippen molar-refractivity contribution in [2.45, 2.75) is 24.8 Å². The first kappa shape index (κ1) is 11.2. The van der Waals surface area contributed by atoms with E-state index in [0.29, 0.717) is 11.5 Å². The number of benzene rings is 1. The molecule has 92 valence electrons. The van der Waals surface area contributed by atoms with Crippen LogP contribution in [0.15, 0.2) is 30.3 Å². The van der Waals surface area contributed by atoms with Gasteiger partial charge in [-0.2, -0.15) is 0 Å². The topological polar surface area (TPSA) is 12.5 Å². The van der Waals surface area contributed by atoms with Crippen LogP contribution in [-0.2, 0) is 4.74 Å². The van der Waals surface area contributed by atoms with Crippen LogP contribution in [0.5, 0.6) is 0 Å². The number of hydrogen-bond acceptors (Lipinski definition) is 2. The molecule has 0 radical (unpaired) electrons. The summed E-state index contributed by atoms with van der Waals surface area (Å²) >= 11 is 0. The van der Waals surface area contributed by atoms with E-state index in [0.717, 1.165) is 19.1 Å². The summed E-state index contributed by atoms with van der Waals surface area (Å²) in [7, 11) is 2.26. The van der Waals surface area contributed by atoms with E-state index in [2.05, 4.69) is 49.2 Å². The Bertz CT molecular complexity index is 385. The molecule has 1 spiro atoms. The van der Waals surface area contributed by atoms with Crippen LogP contribution in [0.1, 0.15) is 24.8 Å². The van der Waals surface area contributed by atoms with Crippen molar-refractivity contribution in [1.82, 2.24) is 4.90 Å². The number of ether oxygens (including phenoxy) is 1. The van der Waals surface area contributed by atoms with Gasteiger partial charge in [0.25, 0.3) is 0 Å². The minimum atomic E-state index is 0.329. The van der Waals surface area contributed by atoms with Gasteiger partial charge in [0.15, 0.2) is 0 Å². The molecule has 1 aromatic rings. The molecule has 2 atom stereocenters. The van der Waals surface area contributed by atoms with E-state index in [9.17, 15) is 0 Å². The van der Waals surface area contributed by atoms with E-state index in [1.807, 2.05) is 0 Å². The normalized spacial score (nSPS) is 31.6. The predicted octanol–water partition coefficient (Wildman–Crippen LogP) is 2.51. The van der Waals surface area contributed by atoms with Crippen molar-refractivity contribution >= 4 is 0 Å². The summed E-state index contributed by atoms with van der Waals surface area (Å²) in [5.41, 5.74) is 1.82. The minimum Gasteiger partial charge on any atom is -0.377 e. The predicted molar refractivity (Wildman–Crippen MR) is 69.1 cm³/mol. The largest absolute Gasteiger partial charge is 0.377 e. The number of rotatable bonds is 2. The quantitative estimate of drug-likeness (QED) is 0.775. The Kier molecular flexibility index (Phi) is 2.72. The first-order valence-corrected chi connectivity index (χ1v) is 6.62. The van der Waals surface area contributed by atoms with Crippen LogP contribution in [0.4, 0.5) is 0 Å². The molecule has 2 fully saturated rings. The van der Waals surface area contributed by atoms with E-state index in [4.69, 9.17) is 4.74 Å². The van der Waals surface area contributed by atoms with Gasteiger partial charge in [0.1, 0.15) is 0 Å². The fourth-order valence-corrected chi connectivity index (χ4v) is 3.71. The monoisotopic (exact) mass is 231 g/mol. The van der Waals surface area contributed by atoms with Crippen LogP contribution >= 0.6 is 0 Å². The molecule has 0 aliphatic carbocycles. The summed E-state index contributed by atoms with van der Waals surface area (Å²) in [4.78, 5) is 2.53. The molecule has 17 heavy (non-hydrogen) atoms. The smallest absolute Gasteiger partial charge is 0.0711 e. The number of hydrogen-bond donors (Lipinski definition) is 0. The molecule has 2 heterocycles. The third kappa shape index (κ3) is 1.54. The van der Waals surface area contributed by atoms with Crippen LogP contribution in [0.25, 0.3) is 0 Å². The zero-order chi connectivity index (χ0) is 11.9. The van der Waals surface area contributed by atoms with Gasteiger partial charge in [0.2, 0.25) is 0 Å². The standard InChI is InChI=1S/C15H21NO/c1-3-14-13(12-7-5-4-6-8-12)9-16(2)15(14)10-17-11-15/h4-8,13-14H,3,9-11H2,1-2H3. The first-order valence-electron chi connectivity index (χ1n) is 6.62. The zero-order valence-electron chi connectivity index (χ0n) is 10.7. The Labute approximate surface area is 104 Å². The van der Waals surface area contributed by atoms with Crippen LogP contribution < -0.4 is 0 Å². The van der Waals surface area contributed by atoms with Crippen molar-refractivity contribution < 1.29 is 4.74 Å². The number of likely N-dealkylation sites (N-methyl/N-ethyl adjacent to an activating group) is 1. The van der Waals surface area contributed by atoms with E-state index >= 15 is 0 Å². The van der Waals surface area contributed by atoms with Crippen LogP contribution in [-0.4, -0.2) is 37.2 Å². The fraction of sp³-hybridized carbons (Fsp3) is 0.600. The van der Waals surface area contributed by atoms with Crippen molar-refractivity contribution in [1.29, 1.82) is 0 Å². The van der Waals surface area contributed by atoms with Gasteiger partial charge >= 0.3 is 0 Å². The van der Waals surface area contributed by atoms with Gasteiger partial charge in [-0.25, -0.2) is 0 Å². The Hall–Kier alpha value is -0.860. The third-order valence-corrected chi connectivity index (χ3v) is 4.78. The highest BCUT2D eigenvalue weighted by Crippen LogP contribution is 2.48. The number of likely N-dealkylation sites (tertiary alicyclic amines) is 1. The second kappa shape index (κ2) is 4.11. The van der Waals surface area contributed by atoms with Crippen molar-refractivity contribution in [3.05, 3.63) is 35.9 Å². The van der Waals surface area contributed by atoms with Crippen molar-refractivity contribution in [3.63, 3.8) is 0 Å². The molecule has 1 aromatic carbocycles. The highest BCUT2D eigenvalue weighted by Gasteiger charge is 2.55. The van der Waals surface area contributed by atoms with Crippen LogP contribution in [0.3, 0.4) is 0 Å². The Balaban J connectivity index is 1.92. The van der Waals surface area contributed by atoms with Gasteiger partial charge in [-0.15, -0.1) is 0 Å². The molecule has 0 amide bonds. The summed E-state index contributed by atoms with van der Waals surface area (Å²) in [6.07, 6.45) is 1.24. The van der Waals surface area contributed by atoms with Crippen molar-refractivity contribution in [2.75, 3.05) is 26.8 Å². The maximum absolute atomic E-state index is 5.51. The Morgan fingerprint density at radius 1 is 1.29 bits per heavy atom. The SMILES string of the molecule is CCC1C(c2ccccc2)CN(C)C12COC2. The molecule has 2 heteroatoms. The van der Waals surface area contributed by atoms with E-state index < -0.39 is 0 Å². The lowest BCUT2D eigenvalue weighted by Gasteiger charge is -2.47. The molecule has 0 N–H and O–H groups in total. The van der Waals surface area contributed by atoms with Gasteiger partial charge in [0.05, 0.1) is 18.8 Å². The molecule has 0 bridgehead atoms. The average Bonchev–Trinajstić information content (AvgIpc) is 2.62. The van der Waals surface area contributed by atoms with Crippen LogP contribution in [0, 0.1) is 5.92 Å². The lowest BCUT2D eigenvalue weighted by Crippen LogP contribution is -2.61. The average molecular weight is 231 g/mol. The van der Waals surface area contributed by atoms with Gasteiger partial charge < -0.3 is 4.74 Å². The van der Waals surface area contributed by atoms with E-state index in [1.165, 1.54) is 18.5 Å². The molecule has 2 saturated heterocycles. The van der Waals surface area contributed by atoms with Crippen molar-refractivity contribution in [2.24, 2.45) is 5.92 Å². The van der Waals surface area contributed by atoms with E-state index in [-0.39, 0.29) is 0 Å². The molecule has 2 aliphatic heterocycles. The highest BCUT2D eigenvalue weighted by atomic mass is 16.5. The van der Waals surface area contributed by atoms with Crippen LogP contribution in [0.2, 0.25) is 0 Å². The lowest BCUT2D eigenvalue weighted by molar-refractivity contribution is -0.136. The molecule has 3 rings (SSSR count). The van der Waals surface area contributed by atoms with Crippen molar-refractivity contribution in [3.8, 4) is 0 Å². The minimum absolute atomic E-state index is 0.329. The molecule has 0 saturated carbocycles. The molecule has 0 aromatic heterocycles. The summed E-state index contributed by atoms with van der Waals surface area (Å²) in [5.74, 6) is 1.42. The molecular weight excluding hydrogens is 210 g/mol. The third-order valence-electron chi connectivity index (χ3n) is 4.78. The lowest BCUT2D eigenvalue weighted by atomic mass is 9.74. The summed E-state index contributed by atoms with van der Waals surface area (Å²) in [6, 6.07) is 11.0. The summed E-state index contributed by atoms with van der Waals surface area (Å²) in [6.45, 7) is 5.34. The van der Waals surface area contributed by atoms with E-state index in [1.54, 1.807) is 0 Å². The second-order valence-corrected chi connectivity index (χ2v) is 5.51. The second-order valence-electron chi connectivity index (χ2n) is 5.51. The molecule has 2 unspecified atom stereocenters. The molecule has 2 nitrogen and oxygen atoms in total. The van der Waals surface area contributed by atoms with Gasteiger partial charge in [-0.3, -0.25) is 4.90 Å². The summed E-state index contributed by atoms with van der Waals surface area (Å²) < 4.78 is 5.51. The highest BCUT2D eigenvalue weighted by molar-refractivity contribution is 5.26. The maximum Gasteiger partial charge on any atom is 0.0711 e. The van der Waals surface area contributed by atoms with Gasteiger partial charge in [-0.05, 0) is 18.5 Å². The van der Waals surface area contributed by atoms with Gasteiger partial charge in [0, 0.05) is 12.5 Å².